The van der Waals surface area contributed by atoms with Crippen molar-refractivity contribution in [3.05, 3.63) is 117 Å². The number of hydrogen-bond acceptors (Lipinski definition) is 4. The van der Waals surface area contributed by atoms with Gasteiger partial charge in [0.25, 0.3) is 11.1 Å². The Bertz CT molecular complexity index is 1490. The second-order valence-electron chi connectivity index (χ2n) is 8.01. The van der Waals surface area contributed by atoms with Gasteiger partial charge in [0, 0.05) is 10.6 Å². The summed E-state index contributed by atoms with van der Waals surface area (Å²) < 4.78 is 19.4. The van der Waals surface area contributed by atoms with E-state index in [1.807, 2.05) is 42.5 Å². The minimum absolute atomic E-state index is 0.0266. The van der Waals surface area contributed by atoms with Crippen LogP contribution < -0.4 is 4.74 Å². The Hall–Kier alpha value is -3.61. The van der Waals surface area contributed by atoms with E-state index in [0.717, 1.165) is 39.1 Å². The maximum atomic E-state index is 13.3. The molecule has 7 heteroatoms. The molecular weight excluding hydrogens is 485 g/mol. The Balaban J connectivity index is 1.34. The van der Waals surface area contributed by atoms with E-state index in [1.165, 1.54) is 12.1 Å². The van der Waals surface area contributed by atoms with Crippen molar-refractivity contribution in [2.45, 2.75) is 13.2 Å². The van der Waals surface area contributed by atoms with E-state index >= 15 is 0 Å². The van der Waals surface area contributed by atoms with E-state index in [0.29, 0.717) is 23.5 Å². The van der Waals surface area contributed by atoms with Crippen molar-refractivity contribution in [1.82, 2.24) is 4.90 Å². The Morgan fingerprint density at radius 1 is 0.914 bits per heavy atom. The molecule has 1 aliphatic rings. The Morgan fingerprint density at radius 2 is 1.69 bits per heavy atom. The van der Waals surface area contributed by atoms with Crippen molar-refractivity contribution in [2.24, 2.45) is 0 Å². The summed E-state index contributed by atoms with van der Waals surface area (Å²) in [5, 5.41) is 2.06. The first-order chi connectivity index (χ1) is 17.0. The molecule has 174 valence electrons. The van der Waals surface area contributed by atoms with Gasteiger partial charge in [-0.05, 0) is 64.0 Å². The molecule has 0 radical (unpaired) electrons. The number of para-hydroxylation sites is 1. The maximum Gasteiger partial charge on any atom is 0.293 e. The number of rotatable bonds is 6. The van der Waals surface area contributed by atoms with Crippen LogP contribution in [0.1, 0.15) is 16.7 Å². The van der Waals surface area contributed by atoms with Crippen LogP contribution >= 0.6 is 23.4 Å². The first kappa shape index (κ1) is 23.1. The van der Waals surface area contributed by atoms with Gasteiger partial charge in [-0.15, -0.1) is 0 Å². The third-order valence-corrected chi connectivity index (χ3v) is 6.89. The first-order valence-electron chi connectivity index (χ1n) is 10.9. The third kappa shape index (κ3) is 5.09. The van der Waals surface area contributed by atoms with E-state index in [2.05, 4.69) is 24.3 Å². The Morgan fingerprint density at radius 3 is 2.51 bits per heavy atom. The van der Waals surface area contributed by atoms with Crippen LogP contribution in [0.3, 0.4) is 0 Å². The highest BCUT2D eigenvalue weighted by Crippen LogP contribution is 2.35. The molecule has 1 heterocycles. The van der Waals surface area contributed by atoms with Gasteiger partial charge in [-0.2, -0.15) is 0 Å². The average molecular weight is 504 g/mol. The number of thioether (sulfide) groups is 1. The lowest BCUT2D eigenvalue weighted by Gasteiger charge is -2.13. The summed E-state index contributed by atoms with van der Waals surface area (Å²) in [6.45, 7) is 0.335. The first-order valence-corrected chi connectivity index (χ1v) is 12.1. The van der Waals surface area contributed by atoms with Crippen molar-refractivity contribution >= 4 is 51.4 Å². The molecule has 4 aromatic rings. The predicted octanol–water partition coefficient (Wildman–Crippen LogP) is 7.45. The largest absolute Gasteiger partial charge is 0.488 e. The molecule has 0 unspecified atom stereocenters. The number of benzene rings is 4. The van der Waals surface area contributed by atoms with E-state index in [9.17, 15) is 14.0 Å². The lowest BCUT2D eigenvalue weighted by atomic mass is 10.1. The van der Waals surface area contributed by atoms with Gasteiger partial charge in [0.2, 0.25) is 0 Å². The van der Waals surface area contributed by atoms with Crippen molar-refractivity contribution in [1.29, 1.82) is 0 Å². The van der Waals surface area contributed by atoms with Gasteiger partial charge >= 0.3 is 0 Å². The second-order valence-corrected chi connectivity index (χ2v) is 9.41. The van der Waals surface area contributed by atoms with E-state index < -0.39 is 17.0 Å². The molecule has 4 aromatic carbocycles. The number of hydrogen-bond donors (Lipinski definition) is 0. The van der Waals surface area contributed by atoms with Crippen LogP contribution in [0.5, 0.6) is 5.75 Å². The lowest BCUT2D eigenvalue weighted by Crippen LogP contribution is -2.27. The molecule has 5 rings (SSSR count). The number of fused-ring (bicyclic) bond motifs is 1. The lowest BCUT2D eigenvalue weighted by molar-refractivity contribution is -0.123. The fourth-order valence-electron chi connectivity index (χ4n) is 3.82. The minimum atomic E-state index is -0.479. The topological polar surface area (TPSA) is 46.6 Å². The quantitative estimate of drug-likeness (QED) is 0.256. The monoisotopic (exact) mass is 503 g/mol. The fraction of sp³-hybridized carbons (Fsp3) is 0.0714. The van der Waals surface area contributed by atoms with Gasteiger partial charge in [-0.1, -0.05) is 72.3 Å². The summed E-state index contributed by atoms with van der Waals surface area (Å²) in [5.74, 6) is -0.299. The highest BCUT2D eigenvalue weighted by Gasteiger charge is 2.35. The Labute approximate surface area is 211 Å². The normalized spacial score (nSPS) is 14.8. The van der Waals surface area contributed by atoms with Crippen molar-refractivity contribution < 1.29 is 18.7 Å². The highest BCUT2D eigenvalue weighted by molar-refractivity contribution is 8.18. The summed E-state index contributed by atoms with van der Waals surface area (Å²) in [5.41, 5.74) is 2.21. The molecule has 0 bridgehead atoms. The minimum Gasteiger partial charge on any atom is -0.488 e. The summed E-state index contributed by atoms with van der Waals surface area (Å²) in [6, 6.07) is 25.5. The van der Waals surface area contributed by atoms with Crippen LogP contribution in [0.4, 0.5) is 9.18 Å². The van der Waals surface area contributed by atoms with E-state index in [1.54, 1.807) is 6.08 Å². The summed E-state index contributed by atoms with van der Waals surface area (Å²) in [6.07, 6.45) is 1.66. The van der Waals surface area contributed by atoms with Crippen LogP contribution in [0.15, 0.2) is 89.8 Å². The van der Waals surface area contributed by atoms with Crippen LogP contribution in [0.2, 0.25) is 5.02 Å². The van der Waals surface area contributed by atoms with Crippen LogP contribution in [-0.4, -0.2) is 16.0 Å². The standard InChI is InChI=1S/C28H19ClFNO3S/c29-24-15-23(30)12-11-22(24)16-31-27(32)26(35-28(31)33)14-21-7-3-4-8-25(21)34-17-18-9-10-19-5-1-2-6-20(19)13-18/h1-15H,16-17H2/b26-14-. The van der Waals surface area contributed by atoms with Gasteiger partial charge < -0.3 is 4.74 Å². The fourth-order valence-corrected chi connectivity index (χ4v) is 4.87. The second kappa shape index (κ2) is 9.94. The molecule has 0 aliphatic carbocycles. The zero-order valence-corrected chi connectivity index (χ0v) is 20.0. The highest BCUT2D eigenvalue weighted by atomic mass is 35.5. The van der Waals surface area contributed by atoms with Crippen LogP contribution in [0.25, 0.3) is 16.8 Å². The van der Waals surface area contributed by atoms with Crippen LogP contribution in [0, 0.1) is 5.82 Å². The summed E-state index contributed by atoms with van der Waals surface area (Å²) in [4.78, 5) is 26.9. The number of ether oxygens (including phenoxy) is 1. The summed E-state index contributed by atoms with van der Waals surface area (Å²) in [7, 11) is 0. The molecule has 1 fully saturated rings. The van der Waals surface area contributed by atoms with Crippen molar-refractivity contribution in [2.75, 3.05) is 0 Å². The van der Waals surface area contributed by atoms with E-state index in [-0.39, 0.29) is 16.5 Å². The van der Waals surface area contributed by atoms with Gasteiger partial charge in [-0.3, -0.25) is 14.5 Å². The SMILES string of the molecule is O=C1S/C(=C\c2ccccc2OCc2ccc3ccccc3c2)C(=O)N1Cc1ccc(F)cc1Cl. The molecule has 35 heavy (non-hydrogen) atoms. The number of carbonyl (C=O) groups is 2. The summed E-state index contributed by atoms with van der Waals surface area (Å²) >= 11 is 6.94. The maximum absolute atomic E-state index is 13.3. The molecule has 1 saturated heterocycles. The molecular formula is C28H19ClFNO3S. The molecule has 2 amide bonds. The molecule has 4 nitrogen and oxygen atoms in total. The van der Waals surface area contributed by atoms with Gasteiger partial charge in [-0.25, -0.2) is 4.39 Å². The van der Waals surface area contributed by atoms with Gasteiger partial charge in [0.1, 0.15) is 18.2 Å². The van der Waals surface area contributed by atoms with Gasteiger partial charge in [0.05, 0.1) is 11.4 Å². The Kier molecular flexibility index (Phi) is 6.57. The number of imide groups is 1. The van der Waals surface area contributed by atoms with Crippen LogP contribution in [-0.2, 0) is 17.9 Å². The third-order valence-electron chi connectivity index (χ3n) is 5.63. The molecule has 0 N–H and O–H groups in total. The number of nitrogens with zero attached hydrogens (tertiary/aromatic N) is 1. The number of carbonyl (C=O) groups excluding carboxylic acids is 2. The number of amides is 2. The average Bonchev–Trinajstić information content (AvgIpc) is 3.12. The molecule has 0 spiro atoms. The van der Waals surface area contributed by atoms with E-state index in [4.69, 9.17) is 16.3 Å². The molecule has 1 aliphatic heterocycles. The predicted molar refractivity (Wildman–Crippen MR) is 138 cm³/mol. The van der Waals surface area contributed by atoms with Gasteiger partial charge in [0.15, 0.2) is 0 Å². The number of halogens is 2. The zero-order chi connectivity index (χ0) is 24.4. The molecule has 0 saturated carbocycles. The molecule has 0 aromatic heterocycles. The van der Waals surface area contributed by atoms with Crippen molar-refractivity contribution in [3.63, 3.8) is 0 Å². The zero-order valence-electron chi connectivity index (χ0n) is 18.4. The van der Waals surface area contributed by atoms with Crippen molar-refractivity contribution in [3.8, 4) is 5.75 Å². The smallest absolute Gasteiger partial charge is 0.293 e. The molecule has 0 atom stereocenters.